The van der Waals surface area contributed by atoms with Crippen LogP contribution < -0.4 is 10.6 Å². The predicted molar refractivity (Wildman–Crippen MR) is 129 cm³/mol. The Hall–Kier alpha value is -3.79. The first kappa shape index (κ1) is 23.0. The summed E-state index contributed by atoms with van der Waals surface area (Å²) in [6, 6.07) is 5.42. The van der Waals surface area contributed by atoms with Crippen molar-refractivity contribution in [2.45, 2.75) is 25.8 Å². The number of benzene rings is 1. The molecule has 2 aliphatic rings. The number of anilines is 2. The quantitative estimate of drug-likeness (QED) is 0.541. The lowest BCUT2D eigenvalue weighted by atomic mass is 9.89. The van der Waals surface area contributed by atoms with E-state index in [2.05, 4.69) is 15.1 Å². The van der Waals surface area contributed by atoms with Crippen LogP contribution in [-0.4, -0.2) is 43.8 Å². The van der Waals surface area contributed by atoms with Gasteiger partial charge in [-0.1, -0.05) is 17.7 Å². The van der Waals surface area contributed by atoms with Crippen molar-refractivity contribution in [2.75, 3.05) is 23.7 Å². The number of rotatable bonds is 5. The van der Waals surface area contributed by atoms with Crippen molar-refractivity contribution in [2.24, 2.45) is 0 Å². The van der Waals surface area contributed by atoms with Gasteiger partial charge < -0.3 is 5.73 Å². The number of nitrogens with two attached hydrogens (primary N) is 1. The second-order valence-corrected chi connectivity index (χ2v) is 8.64. The minimum atomic E-state index is -0.568. The third-order valence-electron chi connectivity index (χ3n) is 6.14. The summed E-state index contributed by atoms with van der Waals surface area (Å²) in [5.41, 5.74) is 8.57. The van der Waals surface area contributed by atoms with Gasteiger partial charge in [-0.2, -0.15) is 5.10 Å². The number of hydrogen-bond acceptors (Lipinski definition) is 5. The van der Waals surface area contributed by atoms with Crippen LogP contribution >= 0.6 is 11.6 Å². The van der Waals surface area contributed by atoms with Crippen molar-refractivity contribution in [1.82, 2.24) is 24.6 Å². The molecule has 0 saturated carbocycles. The average molecular weight is 498 g/mol. The van der Waals surface area contributed by atoms with Crippen LogP contribution in [0.5, 0.6) is 0 Å². The van der Waals surface area contributed by atoms with Crippen molar-refractivity contribution in [3.8, 4) is 11.4 Å². The van der Waals surface area contributed by atoms with Crippen LogP contribution in [0.25, 0.3) is 11.4 Å². The third kappa shape index (κ3) is 4.25. The van der Waals surface area contributed by atoms with E-state index in [1.807, 2.05) is 13.1 Å². The van der Waals surface area contributed by atoms with Crippen LogP contribution in [-0.2, 0) is 6.54 Å². The minimum Gasteiger partial charge on any atom is -0.368 e. The number of carbonyl (C=O) groups excluding carboxylic acids is 1. The number of aromatic nitrogens is 4. The fraction of sp³-hybridized carbons (Fsp3) is 0.250. The van der Waals surface area contributed by atoms with Crippen LogP contribution in [0.1, 0.15) is 24.8 Å². The lowest BCUT2D eigenvalue weighted by molar-refractivity contribution is 0.228. The van der Waals surface area contributed by atoms with Crippen molar-refractivity contribution < 1.29 is 13.6 Å². The third-order valence-corrected chi connectivity index (χ3v) is 6.43. The average Bonchev–Trinajstić information content (AvgIpc) is 3.45. The molecule has 0 spiro atoms. The van der Waals surface area contributed by atoms with E-state index in [0.29, 0.717) is 36.7 Å². The van der Waals surface area contributed by atoms with Crippen molar-refractivity contribution in [3.63, 3.8) is 0 Å². The number of nitrogen functional groups attached to an aromatic ring is 1. The SMILES string of the molecule is CCn1cc(C2C=CC(F)=C(N3CCN(c4ccc(F)c(Cl)c4)C3=O)C2)c(-c2ccnc(N)n2)n1. The molecule has 1 aliphatic carbocycles. The van der Waals surface area contributed by atoms with Gasteiger partial charge >= 0.3 is 6.03 Å². The van der Waals surface area contributed by atoms with E-state index in [1.165, 1.54) is 34.1 Å². The van der Waals surface area contributed by atoms with Crippen LogP contribution in [0, 0.1) is 5.82 Å². The molecule has 1 saturated heterocycles. The molecule has 3 aromatic rings. The number of urea groups is 1. The Kier molecular flexibility index (Phi) is 5.98. The molecule has 11 heteroatoms. The van der Waals surface area contributed by atoms with Crippen molar-refractivity contribution >= 4 is 29.3 Å². The van der Waals surface area contributed by atoms with Gasteiger partial charge in [-0.15, -0.1) is 0 Å². The number of hydrogen-bond donors (Lipinski definition) is 1. The van der Waals surface area contributed by atoms with Gasteiger partial charge in [0.2, 0.25) is 5.95 Å². The monoisotopic (exact) mass is 497 g/mol. The van der Waals surface area contributed by atoms with E-state index < -0.39 is 11.6 Å². The molecule has 2 aromatic heterocycles. The molecule has 1 aromatic carbocycles. The number of amides is 2. The lowest BCUT2D eigenvalue weighted by Gasteiger charge is -2.26. The molecule has 2 amide bonds. The number of nitrogens with zero attached hydrogens (tertiary/aromatic N) is 6. The Morgan fingerprint density at radius 3 is 2.74 bits per heavy atom. The molecular weight excluding hydrogens is 476 g/mol. The molecule has 1 aliphatic heterocycles. The Morgan fingerprint density at radius 2 is 2.00 bits per heavy atom. The summed E-state index contributed by atoms with van der Waals surface area (Å²) in [4.78, 5) is 24.3. The van der Waals surface area contributed by atoms with E-state index in [1.54, 1.807) is 23.0 Å². The Morgan fingerprint density at radius 1 is 1.20 bits per heavy atom. The van der Waals surface area contributed by atoms with Crippen LogP contribution in [0.2, 0.25) is 5.02 Å². The molecule has 0 bridgehead atoms. The summed E-state index contributed by atoms with van der Waals surface area (Å²) < 4.78 is 30.4. The lowest BCUT2D eigenvalue weighted by Crippen LogP contribution is -2.32. The maximum absolute atomic E-state index is 15.0. The summed E-state index contributed by atoms with van der Waals surface area (Å²) in [5, 5.41) is 4.56. The highest BCUT2D eigenvalue weighted by atomic mass is 35.5. The Balaban J connectivity index is 1.43. The molecule has 0 radical (unpaired) electrons. The van der Waals surface area contributed by atoms with Crippen molar-refractivity contribution in [3.05, 3.63) is 76.7 Å². The van der Waals surface area contributed by atoms with Crippen LogP contribution in [0.15, 0.2) is 60.3 Å². The highest BCUT2D eigenvalue weighted by Gasteiger charge is 2.36. The second-order valence-electron chi connectivity index (χ2n) is 8.24. The first-order valence-corrected chi connectivity index (χ1v) is 11.5. The summed E-state index contributed by atoms with van der Waals surface area (Å²) >= 11 is 5.89. The van der Waals surface area contributed by atoms with Gasteiger partial charge in [-0.25, -0.2) is 23.5 Å². The Bertz CT molecular complexity index is 1370. The summed E-state index contributed by atoms with van der Waals surface area (Å²) in [7, 11) is 0. The standard InChI is InChI=1S/C24H22ClF2N7O/c1-2-32-13-16(22(31-32)20-7-8-29-23(28)30-20)14-3-5-19(27)21(11-14)34-10-9-33(24(34)35)15-4-6-18(26)17(25)12-15/h3-8,12-14H,2,9-11H2,1H3,(H2,28,29,30). The first-order valence-electron chi connectivity index (χ1n) is 11.1. The minimum absolute atomic E-state index is 0.0781. The fourth-order valence-electron chi connectivity index (χ4n) is 4.38. The number of carbonyl (C=O) groups is 1. The largest absolute Gasteiger partial charge is 0.368 e. The van der Waals surface area contributed by atoms with Gasteiger partial charge in [0.15, 0.2) is 0 Å². The van der Waals surface area contributed by atoms with E-state index in [9.17, 15) is 9.18 Å². The normalized spacial score (nSPS) is 18.2. The van der Waals surface area contributed by atoms with E-state index >= 15 is 4.39 Å². The van der Waals surface area contributed by atoms with Gasteiger partial charge in [-0.3, -0.25) is 14.5 Å². The maximum atomic E-state index is 15.0. The van der Waals surface area contributed by atoms with Gasteiger partial charge in [0.05, 0.1) is 16.4 Å². The van der Waals surface area contributed by atoms with E-state index in [0.717, 1.165) is 5.56 Å². The van der Waals surface area contributed by atoms with Gasteiger partial charge in [0.1, 0.15) is 17.3 Å². The summed E-state index contributed by atoms with van der Waals surface area (Å²) in [5.74, 6) is -1.14. The van der Waals surface area contributed by atoms with Crippen LogP contribution in [0.3, 0.4) is 0 Å². The molecule has 1 fully saturated rings. The Labute approximate surface area is 205 Å². The number of aryl methyl sites for hydroxylation is 1. The molecule has 8 nitrogen and oxygen atoms in total. The van der Waals surface area contributed by atoms with Gasteiger partial charge in [0.25, 0.3) is 0 Å². The fourth-order valence-corrected chi connectivity index (χ4v) is 4.55. The number of allylic oxidation sites excluding steroid dienone is 4. The zero-order chi connectivity index (χ0) is 24.7. The zero-order valence-corrected chi connectivity index (χ0v) is 19.6. The predicted octanol–water partition coefficient (Wildman–Crippen LogP) is 4.90. The highest BCUT2D eigenvalue weighted by molar-refractivity contribution is 6.31. The first-order chi connectivity index (χ1) is 16.9. The summed E-state index contributed by atoms with van der Waals surface area (Å²) in [6.07, 6.45) is 6.88. The molecule has 35 heavy (non-hydrogen) atoms. The summed E-state index contributed by atoms with van der Waals surface area (Å²) in [6.45, 7) is 3.22. The highest BCUT2D eigenvalue weighted by Crippen LogP contribution is 2.39. The maximum Gasteiger partial charge on any atom is 0.328 e. The van der Waals surface area contributed by atoms with E-state index in [-0.39, 0.29) is 35.0 Å². The van der Waals surface area contributed by atoms with E-state index in [4.69, 9.17) is 17.3 Å². The zero-order valence-electron chi connectivity index (χ0n) is 18.8. The second kappa shape index (κ2) is 9.10. The molecule has 180 valence electrons. The molecule has 1 atom stereocenters. The number of halogens is 3. The van der Waals surface area contributed by atoms with Gasteiger partial charge in [0, 0.05) is 55.6 Å². The topological polar surface area (TPSA) is 93.2 Å². The molecule has 2 N–H and O–H groups in total. The van der Waals surface area contributed by atoms with Crippen molar-refractivity contribution in [1.29, 1.82) is 0 Å². The molecular formula is C24H22ClF2N7O. The molecule has 5 rings (SSSR count). The smallest absolute Gasteiger partial charge is 0.328 e. The van der Waals surface area contributed by atoms with Crippen LogP contribution in [0.4, 0.5) is 25.2 Å². The molecule has 3 heterocycles. The van der Waals surface area contributed by atoms with Gasteiger partial charge in [-0.05, 0) is 37.3 Å². The molecule has 1 unspecified atom stereocenters.